The monoisotopic (exact) mass is 273 g/mol. The minimum atomic E-state index is -0.365. The smallest absolute Gasteiger partial charge is 0.338 e. The van der Waals surface area contributed by atoms with Crippen molar-refractivity contribution >= 4 is 11.7 Å². The first kappa shape index (κ1) is 14.1. The number of anilines is 1. The molecule has 0 amide bonds. The first-order valence-corrected chi connectivity index (χ1v) is 6.55. The number of nitrogens with two attached hydrogens (primary N) is 1. The highest BCUT2D eigenvalue weighted by atomic mass is 16.5. The fraction of sp³-hybridized carbons (Fsp3) is 0.333. The van der Waals surface area contributed by atoms with Gasteiger partial charge in [0.25, 0.3) is 0 Å². The van der Waals surface area contributed by atoms with Gasteiger partial charge in [0.2, 0.25) is 0 Å². The van der Waals surface area contributed by atoms with Crippen molar-refractivity contribution in [2.24, 2.45) is 0 Å². The van der Waals surface area contributed by atoms with Crippen LogP contribution in [-0.2, 0) is 4.74 Å². The lowest BCUT2D eigenvalue weighted by Crippen LogP contribution is -2.08. The summed E-state index contributed by atoms with van der Waals surface area (Å²) in [6.07, 6.45) is 0. The molecule has 0 saturated heterocycles. The van der Waals surface area contributed by atoms with Crippen LogP contribution < -0.4 is 5.73 Å². The van der Waals surface area contributed by atoms with Gasteiger partial charge in [0.15, 0.2) is 0 Å². The van der Waals surface area contributed by atoms with E-state index in [1.54, 1.807) is 29.8 Å². The summed E-state index contributed by atoms with van der Waals surface area (Å²) in [5.74, 6) is -0.365. The van der Waals surface area contributed by atoms with Crippen LogP contribution in [0.1, 0.15) is 34.2 Å². The highest BCUT2D eigenvalue weighted by Crippen LogP contribution is 2.23. The third-order valence-corrected chi connectivity index (χ3v) is 3.42. The molecule has 0 aliphatic rings. The summed E-state index contributed by atoms with van der Waals surface area (Å²) in [6, 6.07) is 5.12. The summed E-state index contributed by atoms with van der Waals surface area (Å²) in [6.45, 7) is 8.10. The molecule has 2 aromatic rings. The molecule has 0 spiro atoms. The second kappa shape index (κ2) is 5.36. The molecule has 0 saturated carbocycles. The van der Waals surface area contributed by atoms with E-state index in [1.165, 1.54) is 0 Å². The molecule has 1 aromatic carbocycles. The van der Waals surface area contributed by atoms with Crippen molar-refractivity contribution in [3.63, 3.8) is 0 Å². The fourth-order valence-electron chi connectivity index (χ4n) is 2.04. The van der Waals surface area contributed by atoms with Gasteiger partial charge < -0.3 is 10.5 Å². The Kier molecular flexibility index (Phi) is 3.79. The van der Waals surface area contributed by atoms with Crippen LogP contribution in [0.4, 0.5) is 5.69 Å². The molecule has 2 rings (SSSR count). The standard InChI is InChI=1S/C15H19N3O2/c1-5-20-15(19)12-6-7-14(13(16)8-12)18-11(4)9(2)10(3)17-18/h6-8H,5,16H2,1-4H3. The Labute approximate surface area is 118 Å². The van der Waals surface area contributed by atoms with Crippen molar-refractivity contribution in [1.82, 2.24) is 9.78 Å². The molecule has 0 fully saturated rings. The van der Waals surface area contributed by atoms with Crippen molar-refractivity contribution in [3.05, 3.63) is 40.7 Å². The van der Waals surface area contributed by atoms with Gasteiger partial charge in [-0.15, -0.1) is 0 Å². The Morgan fingerprint density at radius 2 is 2.05 bits per heavy atom. The van der Waals surface area contributed by atoms with Crippen molar-refractivity contribution < 1.29 is 9.53 Å². The average molecular weight is 273 g/mol. The Morgan fingerprint density at radius 1 is 1.35 bits per heavy atom. The number of nitrogens with zero attached hydrogens (tertiary/aromatic N) is 2. The third-order valence-electron chi connectivity index (χ3n) is 3.42. The van der Waals surface area contributed by atoms with Gasteiger partial charge in [-0.05, 0) is 51.5 Å². The highest BCUT2D eigenvalue weighted by molar-refractivity contribution is 5.91. The highest BCUT2D eigenvalue weighted by Gasteiger charge is 2.14. The largest absolute Gasteiger partial charge is 0.462 e. The van der Waals surface area contributed by atoms with Gasteiger partial charge >= 0.3 is 5.97 Å². The number of hydrogen-bond donors (Lipinski definition) is 1. The quantitative estimate of drug-likeness (QED) is 0.689. The lowest BCUT2D eigenvalue weighted by Gasteiger charge is -2.10. The molecule has 1 aromatic heterocycles. The molecular formula is C15H19N3O2. The second-order valence-corrected chi connectivity index (χ2v) is 4.70. The van der Waals surface area contributed by atoms with Crippen LogP contribution in [0.15, 0.2) is 18.2 Å². The maximum absolute atomic E-state index is 11.7. The fourth-order valence-corrected chi connectivity index (χ4v) is 2.04. The molecule has 5 nitrogen and oxygen atoms in total. The van der Waals surface area contributed by atoms with Crippen molar-refractivity contribution in [3.8, 4) is 5.69 Å². The Balaban J connectivity index is 2.44. The average Bonchev–Trinajstić information content (AvgIpc) is 2.66. The minimum absolute atomic E-state index is 0.344. The van der Waals surface area contributed by atoms with E-state index < -0.39 is 0 Å². The molecule has 1 heterocycles. The van der Waals surface area contributed by atoms with E-state index in [1.807, 2.05) is 20.8 Å². The molecule has 0 atom stereocenters. The maximum atomic E-state index is 11.7. The van der Waals surface area contributed by atoms with Crippen LogP contribution in [0, 0.1) is 20.8 Å². The molecule has 0 aliphatic heterocycles. The molecule has 20 heavy (non-hydrogen) atoms. The predicted octanol–water partition coefficient (Wildman–Crippen LogP) is 2.56. The number of carbonyl (C=O) groups is 1. The summed E-state index contributed by atoms with van der Waals surface area (Å²) in [5.41, 5.74) is 10.9. The van der Waals surface area contributed by atoms with E-state index in [2.05, 4.69) is 5.10 Å². The number of hydrogen-bond acceptors (Lipinski definition) is 4. The van der Waals surface area contributed by atoms with Gasteiger partial charge in [0, 0.05) is 5.69 Å². The Morgan fingerprint density at radius 3 is 2.55 bits per heavy atom. The lowest BCUT2D eigenvalue weighted by atomic mass is 10.1. The number of carbonyl (C=O) groups excluding carboxylic acids is 1. The second-order valence-electron chi connectivity index (χ2n) is 4.70. The number of ether oxygens (including phenoxy) is 1. The summed E-state index contributed by atoms with van der Waals surface area (Å²) in [5, 5.41) is 4.47. The van der Waals surface area contributed by atoms with Gasteiger partial charge in [0.1, 0.15) is 0 Å². The van der Waals surface area contributed by atoms with Gasteiger partial charge in [-0.25, -0.2) is 9.48 Å². The summed E-state index contributed by atoms with van der Waals surface area (Å²) in [4.78, 5) is 11.7. The van der Waals surface area contributed by atoms with Crippen LogP contribution in [0.3, 0.4) is 0 Å². The van der Waals surface area contributed by atoms with Crippen molar-refractivity contribution in [2.45, 2.75) is 27.7 Å². The molecular weight excluding hydrogens is 254 g/mol. The SMILES string of the molecule is CCOC(=O)c1ccc(-n2nc(C)c(C)c2C)c(N)c1. The number of aromatic nitrogens is 2. The van der Waals surface area contributed by atoms with Gasteiger partial charge in [-0.1, -0.05) is 0 Å². The molecule has 0 aliphatic carbocycles. The predicted molar refractivity (Wildman–Crippen MR) is 78.1 cm³/mol. The molecule has 0 unspecified atom stereocenters. The number of nitrogen functional groups attached to an aromatic ring is 1. The molecule has 5 heteroatoms. The first-order chi connectivity index (χ1) is 9.45. The van der Waals surface area contributed by atoms with Crippen molar-refractivity contribution in [1.29, 1.82) is 0 Å². The molecule has 0 radical (unpaired) electrons. The van der Waals surface area contributed by atoms with Crippen molar-refractivity contribution in [2.75, 3.05) is 12.3 Å². The normalized spacial score (nSPS) is 10.6. The number of aryl methyl sites for hydroxylation is 1. The zero-order chi connectivity index (χ0) is 14.9. The molecule has 2 N–H and O–H groups in total. The van der Waals surface area contributed by atoms with Crippen LogP contribution in [0.5, 0.6) is 0 Å². The van der Waals surface area contributed by atoms with E-state index in [0.717, 1.165) is 22.6 Å². The number of rotatable bonds is 3. The van der Waals surface area contributed by atoms with Crippen LogP contribution in [0.2, 0.25) is 0 Å². The third kappa shape index (κ3) is 2.39. The van der Waals surface area contributed by atoms with Gasteiger partial charge in [-0.2, -0.15) is 5.10 Å². The molecule has 0 bridgehead atoms. The maximum Gasteiger partial charge on any atom is 0.338 e. The Bertz CT molecular complexity index is 659. The summed E-state index contributed by atoms with van der Waals surface area (Å²) < 4.78 is 6.76. The van der Waals surface area contributed by atoms with E-state index in [-0.39, 0.29) is 5.97 Å². The van der Waals surface area contributed by atoms with E-state index >= 15 is 0 Å². The zero-order valence-electron chi connectivity index (χ0n) is 12.2. The number of esters is 1. The summed E-state index contributed by atoms with van der Waals surface area (Å²) >= 11 is 0. The van der Waals surface area contributed by atoms with Crippen LogP contribution >= 0.6 is 0 Å². The van der Waals surface area contributed by atoms with E-state index in [0.29, 0.717) is 17.9 Å². The topological polar surface area (TPSA) is 70.1 Å². The van der Waals surface area contributed by atoms with E-state index in [4.69, 9.17) is 10.5 Å². The lowest BCUT2D eigenvalue weighted by molar-refractivity contribution is 0.0526. The van der Waals surface area contributed by atoms with Crippen LogP contribution in [0.25, 0.3) is 5.69 Å². The van der Waals surface area contributed by atoms with Gasteiger partial charge in [0.05, 0.1) is 29.2 Å². The van der Waals surface area contributed by atoms with Gasteiger partial charge in [-0.3, -0.25) is 0 Å². The van der Waals surface area contributed by atoms with E-state index in [9.17, 15) is 4.79 Å². The number of benzene rings is 1. The molecule has 106 valence electrons. The zero-order valence-corrected chi connectivity index (χ0v) is 12.2. The first-order valence-electron chi connectivity index (χ1n) is 6.55. The van der Waals surface area contributed by atoms with Crippen LogP contribution in [-0.4, -0.2) is 22.4 Å². The summed E-state index contributed by atoms with van der Waals surface area (Å²) in [7, 11) is 0. The minimum Gasteiger partial charge on any atom is -0.462 e. The Hall–Kier alpha value is -2.30.